The van der Waals surface area contributed by atoms with Crippen LogP contribution in [0.1, 0.15) is 24.4 Å². The second-order valence-electron chi connectivity index (χ2n) is 6.42. The average Bonchev–Trinajstić information content (AvgIpc) is 3.38. The normalized spacial score (nSPS) is 13.2. The molecule has 0 saturated carbocycles. The number of hydrogen-bond donors (Lipinski definition) is 0. The highest BCUT2D eigenvalue weighted by Gasteiger charge is 2.24. The number of anilines is 1. The number of likely N-dealkylation sites (N-methyl/N-ethyl adjacent to an activating group) is 1. The van der Waals surface area contributed by atoms with E-state index in [1.807, 2.05) is 12.1 Å². The van der Waals surface area contributed by atoms with Crippen LogP contribution in [0.15, 0.2) is 34.9 Å². The van der Waals surface area contributed by atoms with Crippen LogP contribution in [0.2, 0.25) is 0 Å². The van der Waals surface area contributed by atoms with Crippen LogP contribution in [-0.4, -0.2) is 55.2 Å². The maximum absolute atomic E-state index is 13.1. The highest BCUT2D eigenvalue weighted by atomic mass is 32.1. The molecule has 148 valence electrons. The second-order valence-corrected chi connectivity index (χ2v) is 7.43. The minimum atomic E-state index is -0.187. The highest BCUT2D eigenvalue weighted by molar-refractivity contribution is 7.22. The lowest BCUT2D eigenvalue weighted by Crippen LogP contribution is -2.38. The van der Waals surface area contributed by atoms with Crippen LogP contribution in [-0.2, 0) is 0 Å². The van der Waals surface area contributed by atoms with Crippen LogP contribution < -0.4 is 14.4 Å². The Morgan fingerprint density at radius 2 is 1.89 bits per heavy atom. The largest absolute Gasteiger partial charge is 0.486 e. The van der Waals surface area contributed by atoms with Crippen LogP contribution in [0.25, 0.3) is 10.2 Å². The quantitative estimate of drug-likeness (QED) is 0.602. The lowest BCUT2D eigenvalue weighted by Gasteiger charge is -2.24. The molecule has 1 aromatic carbocycles. The first-order valence-electron chi connectivity index (χ1n) is 9.47. The molecule has 0 unspecified atom stereocenters. The van der Waals surface area contributed by atoms with E-state index in [0.29, 0.717) is 36.4 Å². The Morgan fingerprint density at radius 3 is 2.57 bits per heavy atom. The first-order valence-corrected chi connectivity index (χ1v) is 10.3. The number of thiazole rings is 1. The van der Waals surface area contributed by atoms with Crippen molar-refractivity contribution in [2.75, 3.05) is 44.3 Å². The Labute approximate surface area is 167 Å². The molecule has 1 aliphatic rings. The molecule has 0 atom stereocenters. The maximum atomic E-state index is 13.1. The molecular formula is C20H23N3O4S. The van der Waals surface area contributed by atoms with E-state index in [9.17, 15) is 4.79 Å². The molecule has 7 nitrogen and oxygen atoms in total. The standard InChI is InChI=1S/C20H23N3O4S/c1-3-22(4-2)7-8-23(19(24)15-6-5-9-25-15)20-21-14-12-16-17(13-18(14)28-20)27-11-10-26-16/h5-6,9,12-13H,3-4,7-8,10-11H2,1-2H3. The van der Waals surface area contributed by atoms with Crippen molar-refractivity contribution in [2.45, 2.75) is 13.8 Å². The van der Waals surface area contributed by atoms with Gasteiger partial charge >= 0.3 is 0 Å². The van der Waals surface area contributed by atoms with Crippen LogP contribution in [0.5, 0.6) is 11.5 Å². The van der Waals surface area contributed by atoms with Gasteiger partial charge in [0.1, 0.15) is 13.2 Å². The van der Waals surface area contributed by atoms with Gasteiger partial charge < -0.3 is 18.8 Å². The molecule has 8 heteroatoms. The summed E-state index contributed by atoms with van der Waals surface area (Å²) in [5.41, 5.74) is 0.796. The van der Waals surface area contributed by atoms with E-state index in [2.05, 4.69) is 18.7 Å². The van der Waals surface area contributed by atoms with Crippen molar-refractivity contribution in [1.82, 2.24) is 9.88 Å². The molecule has 0 radical (unpaired) electrons. The topological polar surface area (TPSA) is 68.0 Å². The number of hydrogen-bond acceptors (Lipinski definition) is 7. The number of ether oxygens (including phenoxy) is 2. The van der Waals surface area contributed by atoms with E-state index in [1.165, 1.54) is 17.6 Å². The van der Waals surface area contributed by atoms with Crippen molar-refractivity contribution in [2.24, 2.45) is 0 Å². The highest BCUT2D eigenvalue weighted by Crippen LogP contribution is 2.39. The number of benzene rings is 1. The Kier molecular flexibility index (Phi) is 5.50. The first-order chi connectivity index (χ1) is 13.7. The predicted molar refractivity (Wildman–Crippen MR) is 109 cm³/mol. The Hall–Kier alpha value is -2.58. The predicted octanol–water partition coefficient (Wildman–Crippen LogP) is 3.65. The average molecular weight is 401 g/mol. The van der Waals surface area contributed by atoms with Gasteiger partial charge in [-0.2, -0.15) is 0 Å². The summed E-state index contributed by atoms with van der Waals surface area (Å²) in [7, 11) is 0. The number of amides is 1. The van der Waals surface area contributed by atoms with Gasteiger partial charge in [0.2, 0.25) is 0 Å². The molecule has 3 heterocycles. The van der Waals surface area contributed by atoms with Gasteiger partial charge in [0.25, 0.3) is 5.91 Å². The van der Waals surface area contributed by atoms with Crippen molar-refractivity contribution in [3.05, 3.63) is 36.3 Å². The monoisotopic (exact) mass is 401 g/mol. The summed E-state index contributed by atoms with van der Waals surface area (Å²) < 4.78 is 17.6. The van der Waals surface area contributed by atoms with Gasteiger partial charge in [-0.15, -0.1) is 0 Å². The fourth-order valence-corrected chi connectivity index (χ4v) is 4.17. The lowest BCUT2D eigenvalue weighted by molar-refractivity contribution is 0.0957. The van der Waals surface area contributed by atoms with E-state index in [1.54, 1.807) is 17.0 Å². The molecule has 4 rings (SSSR count). The summed E-state index contributed by atoms with van der Waals surface area (Å²) in [5.74, 6) is 1.54. The molecule has 0 N–H and O–H groups in total. The van der Waals surface area contributed by atoms with Crippen molar-refractivity contribution in [3.63, 3.8) is 0 Å². The van der Waals surface area contributed by atoms with E-state index in [0.717, 1.165) is 35.6 Å². The van der Waals surface area contributed by atoms with Crippen molar-refractivity contribution >= 4 is 32.6 Å². The molecule has 2 aromatic heterocycles. The molecule has 0 bridgehead atoms. The summed E-state index contributed by atoms with van der Waals surface area (Å²) >= 11 is 1.47. The Balaban J connectivity index is 1.67. The SMILES string of the molecule is CCN(CC)CCN(C(=O)c1ccco1)c1nc2cc3c(cc2s1)OCCO3. The molecule has 0 spiro atoms. The lowest BCUT2D eigenvalue weighted by atomic mass is 10.3. The third-order valence-electron chi connectivity index (χ3n) is 4.78. The van der Waals surface area contributed by atoms with E-state index in [-0.39, 0.29) is 5.91 Å². The molecule has 3 aromatic rings. The third-order valence-corrected chi connectivity index (χ3v) is 5.82. The van der Waals surface area contributed by atoms with Gasteiger partial charge in [0, 0.05) is 25.2 Å². The van der Waals surface area contributed by atoms with Gasteiger partial charge in [-0.05, 0) is 25.2 Å². The first kappa shape index (κ1) is 18.8. The molecule has 0 saturated heterocycles. The number of nitrogens with zero attached hydrogens (tertiary/aromatic N) is 3. The van der Waals surface area contributed by atoms with Crippen molar-refractivity contribution in [3.8, 4) is 11.5 Å². The summed E-state index contributed by atoms with van der Waals surface area (Å²) in [6.07, 6.45) is 1.51. The maximum Gasteiger partial charge on any atom is 0.295 e. The summed E-state index contributed by atoms with van der Waals surface area (Å²) in [5, 5.41) is 0.644. The molecule has 0 fully saturated rings. The van der Waals surface area contributed by atoms with Gasteiger partial charge in [0.15, 0.2) is 22.4 Å². The molecule has 0 aliphatic carbocycles. The van der Waals surface area contributed by atoms with Crippen molar-refractivity contribution < 1.29 is 18.7 Å². The fourth-order valence-electron chi connectivity index (χ4n) is 3.17. The molecular weight excluding hydrogens is 378 g/mol. The number of carbonyl (C=O) groups is 1. The zero-order valence-corrected chi connectivity index (χ0v) is 16.8. The summed E-state index contributed by atoms with van der Waals surface area (Å²) in [6.45, 7) is 8.46. The Bertz CT molecular complexity index is 907. The zero-order valence-electron chi connectivity index (χ0n) is 16.0. The number of aromatic nitrogens is 1. The van der Waals surface area contributed by atoms with Crippen LogP contribution in [0, 0.1) is 0 Å². The van der Waals surface area contributed by atoms with Crippen LogP contribution >= 0.6 is 11.3 Å². The van der Waals surface area contributed by atoms with Gasteiger partial charge in [-0.1, -0.05) is 25.2 Å². The minimum absolute atomic E-state index is 0.187. The molecule has 28 heavy (non-hydrogen) atoms. The van der Waals surface area contributed by atoms with Gasteiger partial charge in [0.05, 0.1) is 16.5 Å². The number of furan rings is 1. The smallest absolute Gasteiger partial charge is 0.295 e. The minimum Gasteiger partial charge on any atom is -0.486 e. The Morgan fingerprint density at radius 1 is 1.14 bits per heavy atom. The fraction of sp³-hybridized carbons (Fsp3) is 0.400. The van der Waals surface area contributed by atoms with E-state index < -0.39 is 0 Å². The second kappa shape index (κ2) is 8.20. The van der Waals surface area contributed by atoms with E-state index in [4.69, 9.17) is 18.9 Å². The van der Waals surface area contributed by atoms with Crippen molar-refractivity contribution in [1.29, 1.82) is 0 Å². The third kappa shape index (κ3) is 3.70. The van der Waals surface area contributed by atoms with Gasteiger partial charge in [-0.3, -0.25) is 9.69 Å². The summed E-state index contributed by atoms with van der Waals surface area (Å²) in [6, 6.07) is 7.21. The molecule has 1 aliphatic heterocycles. The summed E-state index contributed by atoms with van der Waals surface area (Å²) in [4.78, 5) is 21.7. The number of rotatable bonds is 7. The molecule has 1 amide bonds. The number of fused-ring (bicyclic) bond motifs is 2. The number of carbonyl (C=O) groups excluding carboxylic acids is 1. The van der Waals surface area contributed by atoms with E-state index >= 15 is 0 Å². The van der Waals surface area contributed by atoms with Crippen LogP contribution in [0.4, 0.5) is 5.13 Å². The van der Waals surface area contributed by atoms with Crippen LogP contribution in [0.3, 0.4) is 0 Å². The van der Waals surface area contributed by atoms with Gasteiger partial charge in [-0.25, -0.2) is 4.98 Å². The zero-order chi connectivity index (χ0) is 19.5.